The number of hydrogen-bond acceptors (Lipinski definition) is 1. The third kappa shape index (κ3) is 4.35. The first kappa shape index (κ1) is 28.8. The van der Waals surface area contributed by atoms with Crippen molar-refractivity contribution in [3.8, 4) is 27.9 Å². The molecule has 0 N–H and O–H groups in total. The van der Waals surface area contributed by atoms with Gasteiger partial charge in [0.1, 0.15) is 0 Å². The molecule has 49 heavy (non-hydrogen) atoms. The van der Waals surface area contributed by atoms with Gasteiger partial charge in [0.2, 0.25) is 5.69 Å². The first-order valence-electron chi connectivity index (χ1n) is 16.7. The van der Waals surface area contributed by atoms with Crippen molar-refractivity contribution >= 4 is 44.6 Å². The topological polar surface area (TPSA) is 12.5 Å². The summed E-state index contributed by atoms with van der Waals surface area (Å²) in [6.07, 6.45) is 0. The summed E-state index contributed by atoms with van der Waals surface area (Å²) in [6.45, 7) is 12.8. The first-order valence-corrected chi connectivity index (χ1v) is 16.7. The predicted octanol–water partition coefficient (Wildman–Crippen LogP) is 12.8. The van der Waals surface area contributed by atoms with Gasteiger partial charge in [0.05, 0.1) is 34.7 Å². The van der Waals surface area contributed by atoms with E-state index in [1.54, 1.807) is 0 Å². The van der Waals surface area contributed by atoms with E-state index in [9.17, 15) is 0 Å². The Morgan fingerprint density at radius 2 is 1.02 bits per heavy atom. The molecule has 1 aliphatic rings. The molecule has 0 saturated heterocycles. The van der Waals surface area contributed by atoms with Crippen molar-refractivity contribution in [1.29, 1.82) is 0 Å². The van der Waals surface area contributed by atoms with Crippen molar-refractivity contribution < 1.29 is 0 Å². The highest BCUT2D eigenvalue weighted by atomic mass is 15.2. The van der Waals surface area contributed by atoms with Gasteiger partial charge in [0.25, 0.3) is 0 Å². The Hall–Kier alpha value is -6.37. The molecule has 0 atom stereocenters. The number of hydrogen-bond donors (Lipinski definition) is 0. The standard InChI is InChI=1S/C46H33N3/c1-46(2)38-21-9-12-26-43(38)48(33-15-5-4-6-16-33)44-34(19-13-22-39(44)46)31-27-29-32(30-28-31)35-20-14-23-40(47-3)45(35)49-41-24-10-7-17-36(41)37-18-8-11-25-42(37)49/h4-30H,1-2H3. The molecule has 0 spiro atoms. The first-order chi connectivity index (χ1) is 24.1. The molecule has 0 bridgehead atoms. The molecule has 0 amide bonds. The number of fused-ring (bicyclic) bond motifs is 5. The van der Waals surface area contributed by atoms with Crippen LogP contribution in [-0.2, 0) is 5.41 Å². The monoisotopic (exact) mass is 627 g/mol. The third-order valence-electron chi connectivity index (χ3n) is 10.2. The van der Waals surface area contributed by atoms with Gasteiger partial charge < -0.3 is 9.47 Å². The Bertz CT molecular complexity index is 2530. The van der Waals surface area contributed by atoms with E-state index in [-0.39, 0.29) is 5.41 Å². The fraction of sp³-hybridized carbons (Fsp3) is 0.0652. The van der Waals surface area contributed by atoms with E-state index in [4.69, 9.17) is 6.57 Å². The van der Waals surface area contributed by atoms with Crippen molar-refractivity contribution in [3.05, 3.63) is 186 Å². The van der Waals surface area contributed by atoms with Gasteiger partial charge in [-0.05, 0) is 58.1 Å². The van der Waals surface area contributed by atoms with Gasteiger partial charge in [-0.25, -0.2) is 4.85 Å². The second-order valence-corrected chi connectivity index (χ2v) is 13.2. The van der Waals surface area contributed by atoms with Crippen LogP contribution < -0.4 is 4.90 Å². The maximum atomic E-state index is 8.18. The van der Waals surface area contributed by atoms with Crippen molar-refractivity contribution in [2.45, 2.75) is 19.3 Å². The lowest BCUT2D eigenvalue weighted by atomic mass is 9.72. The van der Waals surface area contributed by atoms with Crippen LogP contribution in [0.15, 0.2) is 164 Å². The molecule has 232 valence electrons. The van der Waals surface area contributed by atoms with Crippen LogP contribution in [-0.4, -0.2) is 4.57 Å². The summed E-state index contributed by atoms with van der Waals surface area (Å²) in [5.41, 5.74) is 14.2. The summed E-state index contributed by atoms with van der Waals surface area (Å²) < 4.78 is 2.27. The highest BCUT2D eigenvalue weighted by molar-refractivity contribution is 6.10. The molecule has 1 aromatic heterocycles. The Kier molecular flexibility index (Phi) is 6.54. The SMILES string of the molecule is [C-]#[N+]c1cccc(-c2ccc(-c3cccc4c3N(c3ccccc3)c3ccccc3C4(C)C)cc2)c1-n1c2ccccc2c2ccccc21. The molecule has 3 nitrogen and oxygen atoms in total. The van der Waals surface area contributed by atoms with E-state index in [0.29, 0.717) is 5.69 Å². The summed E-state index contributed by atoms with van der Waals surface area (Å²) in [5, 5.41) is 2.36. The Balaban J connectivity index is 1.23. The van der Waals surface area contributed by atoms with E-state index in [2.05, 4.69) is 180 Å². The molecule has 2 heterocycles. The number of benzene rings is 7. The zero-order valence-corrected chi connectivity index (χ0v) is 27.4. The van der Waals surface area contributed by atoms with Crippen molar-refractivity contribution in [2.75, 3.05) is 4.90 Å². The van der Waals surface area contributed by atoms with Crippen LogP contribution in [0.3, 0.4) is 0 Å². The molecular weight excluding hydrogens is 595 g/mol. The second kappa shape index (κ2) is 11.1. The van der Waals surface area contributed by atoms with Crippen molar-refractivity contribution in [1.82, 2.24) is 4.57 Å². The smallest absolute Gasteiger partial charge is 0.211 e. The van der Waals surface area contributed by atoms with Crippen LogP contribution in [0.5, 0.6) is 0 Å². The largest absolute Gasteiger partial charge is 0.318 e. The fourth-order valence-electron chi connectivity index (χ4n) is 7.91. The van der Waals surface area contributed by atoms with Gasteiger partial charge in [-0.1, -0.05) is 147 Å². The molecule has 7 aromatic carbocycles. The zero-order valence-electron chi connectivity index (χ0n) is 27.4. The van der Waals surface area contributed by atoms with Crippen LogP contribution in [0.2, 0.25) is 0 Å². The number of nitrogens with zero attached hydrogens (tertiary/aromatic N) is 3. The molecule has 0 fully saturated rings. The van der Waals surface area contributed by atoms with Gasteiger partial charge in [-0.3, -0.25) is 0 Å². The van der Waals surface area contributed by atoms with Crippen molar-refractivity contribution in [3.63, 3.8) is 0 Å². The van der Waals surface area contributed by atoms with Gasteiger partial charge in [0.15, 0.2) is 0 Å². The molecule has 1 aliphatic heterocycles. The van der Waals surface area contributed by atoms with Gasteiger partial charge >= 0.3 is 0 Å². The van der Waals surface area contributed by atoms with E-state index in [0.717, 1.165) is 39.1 Å². The Morgan fingerprint density at radius 1 is 0.490 bits per heavy atom. The Morgan fingerprint density at radius 3 is 1.67 bits per heavy atom. The lowest BCUT2D eigenvalue weighted by molar-refractivity contribution is 0.632. The molecule has 0 aliphatic carbocycles. The quantitative estimate of drug-likeness (QED) is 0.177. The van der Waals surface area contributed by atoms with Crippen molar-refractivity contribution in [2.24, 2.45) is 0 Å². The molecule has 0 unspecified atom stereocenters. The van der Waals surface area contributed by atoms with E-state index < -0.39 is 0 Å². The minimum atomic E-state index is -0.176. The summed E-state index contributed by atoms with van der Waals surface area (Å²) >= 11 is 0. The summed E-state index contributed by atoms with van der Waals surface area (Å²) in [6, 6.07) is 58.1. The highest BCUT2D eigenvalue weighted by Crippen LogP contribution is 2.54. The average molecular weight is 628 g/mol. The molecule has 0 saturated carbocycles. The molecule has 3 heteroatoms. The number of para-hydroxylation sites is 6. The predicted molar refractivity (Wildman–Crippen MR) is 205 cm³/mol. The minimum absolute atomic E-state index is 0.176. The second-order valence-electron chi connectivity index (χ2n) is 13.2. The van der Waals surface area contributed by atoms with E-state index >= 15 is 0 Å². The molecule has 9 rings (SSSR count). The summed E-state index contributed by atoms with van der Waals surface area (Å²) in [5.74, 6) is 0. The van der Waals surface area contributed by atoms with E-state index in [1.807, 2.05) is 12.1 Å². The summed E-state index contributed by atoms with van der Waals surface area (Å²) in [4.78, 5) is 6.46. The lowest BCUT2D eigenvalue weighted by Gasteiger charge is -2.43. The van der Waals surface area contributed by atoms with Crippen LogP contribution in [0.4, 0.5) is 22.7 Å². The van der Waals surface area contributed by atoms with E-state index in [1.165, 1.54) is 38.8 Å². The van der Waals surface area contributed by atoms with Gasteiger partial charge in [-0.15, -0.1) is 0 Å². The molecular formula is C46H33N3. The van der Waals surface area contributed by atoms with Crippen LogP contribution in [0, 0.1) is 6.57 Å². The van der Waals surface area contributed by atoms with Gasteiger partial charge in [-0.2, -0.15) is 0 Å². The zero-order chi connectivity index (χ0) is 33.1. The maximum absolute atomic E-state index is 8.18. The Labute approximate surface area is 286 Å². The third-order valence-corrected chi connectivity index (χ3v) is 10.2. The van der Waals surface area contributed by atoms with Crippen LogP contribution >= 0.6 is 0 Å². The molecule has 0 radical (unpaired) electrons. The maximum Gasteiger partial charge on any atom is 0.211 e. The number of rotatable bonds is 4. The number of aromatic nitrogens is 1. The lowest BCUT2D eigenvalue weighted by Crippen LogP contribution is -2.31. The minimum Gasteiger partial charge on any atom is -0.318 e. The molecule has 8 aromatic rings. The van der Waals surface area contributed by atoms with Crippen LogP contribution in [0.25, 0.3) is 54.6 Å². The van der Waals surface area contributed by atoms with Gasteiger partial charge in [0, 0.05) is 27.4 Å². The normalized spacial score (nSPS) is 13.2. The summed E-state index contributed by atoms with van der Waals surface area (Å²) in [7, 11) is 0. The van der Waals surface area contributed by atoms with Crippen LogP contribution in [0.1, 0.15) is 25.0 Å². The number of anilines is 3. The average Bonchev–Trinajstić information content (AvgIpc) is 3.49. The highest BCUT2D eigenvalue weighted by Gasteiger charge is 2.38. The fourth-order valence-corrected chi connectivity index (χ4v) is 7.91.